The van der Waals surface area contributed by atoms with E-state index in [0.29, 0.717) is 32.1 Å². The Morgan fingerprint density at radius 2 is 1.23 bits per heavy atom. The van der Waals surface area contributed by atoms with Gasteiger partial charge in [-0.1, -0.05) is 51.5 Å². The first-order chi connectivity index (χ1) is 38.8. The molecule has 8 fully saturated rings. The number of hydrogen-bond donors (Lipinski definition) is 12. The summed E-state index contributed by atoms with van der Waals surface area (Å²) in [7, 11) is -5.10. The van der Waals surface area contributed by atoms with Crippen LogP contribution in [0.3, 0.4) is 0 Å². The third-order valence-corrected chi connectivity index (χ3v) is 21.0. The molecule has 0 radical (unpaired) electrons. The topological polar surface area (TPSA) is 401 Å². The van der Waals surface area contributed by atoms with E-state index in [1.165, 1.54) is 26.3 Å². The maximum Gasteiger partial charge on any atom is 1.00 e. The van der Waals surface area contributed by atoms with Gasteiger partial charge in [-0.3, -0.25) is 4.18 Å². The molecule has 5 aliphatic heterocycles. The molecule has 4 aliphatic carbocycles. The third-order valence-electron chi connectivity index (χ3n) is 20.5. The molecule has 0 spiro atoms. The number of aliphatic hydroxyl groups is 12. The Balaban J connectivity index is 0.00000920. The Kier molecular flexibility index (Phi) is 22.3. The summed E-state index contributed by atoms with van der Waals surface area (Å²) in [6.45, 7) is 17.9. The van der Waals surface area contributed by atoms with Crippen molar-refractivity contribution in [3.63, 3.8) is 0 Å². The van der Waals surface area contributed by atoms with Gasteiger partial charge in [0.2, 0.25) is 10.4 Å². The van der Waals surface area contributed by atoms with Crippen LogP contribution in [0.4, 0.5) is 0 Å². The standard InChI is InChI=1S/C56H92O26S.Na/c1-22(2)23(3)12-17-56(9,68)35-11-10-29-28-19-33(31-18-27(82-83(69,70)71)13-15-54(31,7)30(28)14-16-55(29,35)8)77-51-45(67)46(38(60)26(6)75-51)79-52-47(81-50-44(66)41(63)36(58)24(4)74-50)40(62)34(21-73-52)78-53-48(42(64)37(59)25(5)76-53)80-49-43(65)39(61)32(57)20-72-49;/h14,22,24-29,31-53,57-68H,3,10-13,15-21H2,1-2,4-9H3,(H,69,70,71);/q;+1/p-1/t24-,25-,26-,27+,28+,29+,31-,32+,33+,34-,35+,36-,37+,38-,39+,40+,41+,42+,43-,44-,45-,46+,47-,48-,49+,50+,51+,52+,53+,54-,55+,56+;/m1./s1. The molecule has 0 amide bonds. The molecule has 26 nitrogen and oxygen atoms in total. The number of hydrogen-bond acceptors (Lipinski definition) is 26. The van der Waals surface area contributed by atoms with Crippen molar-refractivity contribution in [1.29, 1.82) is 0 Å². The smallest absolute Gasteiger partial charge is 0.726 e. The maximum absolute atomic E-state index is 12.4. The number of allylic oxidation sites excluding steroid dienone is 3. The quantitative estimate of drug-likeness (QED) is 0.0283. The summed E-state index contributed by atoms with van der Waals surface area (Å²) in [5.41, 5.74) is 0.327. The molecule has 478 valence electrons. The predicted molar refractivity (Wildman–Crippen MR) is 282 cm³/mol. The van der Waals surface area contributed by atoms with Crippen LogP contribution in [0.5, 0.6) is 0 Å². The normalized spacial score (nSPS) is 50.7. The summed E-state index contributed by atoms with van der Waals surface area (Å²) in [6, 6.07) is 0. The Bertz CT molecular complexity index is 2370. The predicted octanol–water partition coefficient (Wildman–Crippen LogP) is -4.39. The molecular weight excluding hydrogens is 1140 g/mol. The molecule has 9 aliphatic rings. The van der Waals surface area contributed by atoms with E-state index in [-0.39, 0.29) is 71.5 Å². The zero-order valence-electron chi connectivity index (χ0n) is 49.4. The zero-order valence-corrected chi connectivity index (χ0v) is 52.2. The van der Waals surface area contributed by atoms with Crippen molar-refractivity contribution < 1.29 is 155 Å². The molecule has 3 saturated carbocycles. The van der Waals surface area contributed by atoms with Gasteiger partial charge in [0, 0.05) is 0 Å². The largest absolute Gasteiger partial charge is 1.00 e. The van der Waals surface area contributed by atoms with Crippen LogP contribution in [0.2, 0.25) is 0 Å². The van der Waals surface area contributed by atoms with E-state index in [0.717, 1.165) is 18.4 Å². The van der Waals surface area contributed by atoms with Crippen LogP contribution in [0.15, 0.2) is 23.8 Å². The second-order valence-electron chi connectivity index (χ2n) is 26.2. The van der Waals surface area contributed by atoms with Crippen LogP contribution >= 0.6 is 0 Å². The van der Waals surface area contributed by atoms with Gasteiger partial charge in [0.25, 0.3) is 0 Å². The summed E-state index contributed by atoms with van der Waals surface area (Å²) in [5, 5.41) is 134. The monoisotopic (exact) mass is 1230 g/mol. The number of fused-ring (bicyclic) bond motifs is 5. The number of rotatable bonds is 17. The van der Waals surface area contributed by atoms with E-state index in [4.69, 9.17) is 51.6 Å². The molecule has 32 atom stereocenters. The van der Waals surface area contributed by atoms with E-state index < -0.39 is 194 Å². The summed E-state index contributed by atoms with van der Waals surface area (Å²) >= 11 is 0. The van der Waals surface area contributed by atoms with Gasteiger partial charge in [0.05, 0.1) is 49.3 Å². The van der Waals surface area contributed by atoms with E-state index in [9.17, 15) is 74.2 Å². The Labute approximate surface area is 512 Å². The minimum absolute atomic E-state index is 0. The van der Waals surface area contributed by atoms with Gasteiger partial charge in [0.1, 0.15) is 91.6 Å². The van der Waals surface area contributed by atoms with Gasteiger partial charge in [0.15, 0.2) is 31.5 Å². The minimum atomic E-state index is -5.10. The molecule has 0 aromatic carbocycles. The van der Waals surface area contributed by atoms with Gasteiger partial charge < -0.3 is 113 Å². The van der Waals surface area contributed by atoms with Crippen molar-refractivity contribution in [3.05, 3.63) is 23.8 Å². The second-order valence-corrected chi connectivity index (χ2v) is 27.2. The van der Waals surface area contributed by atoms with E-state index in [1.54, 1.807) is 0 Å². The fraction of sp³-hybridized carbons (Fsp3) is 0.929. The zero-order chi connectivity index (χ0) is 60.7. The first-order valence-corrected chi connectivity index (χ1v) is 30.8. The Morgan fingerprint density at radius 3 is 1.88 bits per heavy atom. The third kappa shape index (κ3) is 13.8. The van der Waals surface area contributed by atoms with Crippen LogP contribution in [-0.2, 0) is 62.0 Å². The van der Waals surface area contributed by atoms with Gasteiger partial charge in [-0.25, -0.2) is 8.42 Å². The van der Waals surface area contributed by atoms with E-state index in [1.807, 2.05) is 6.92 Å². The molecule has 12 N–H and O–H groups in total. The maximum atomic E-state index is 12.4. The molecule has 5 heterocycles. The molecule has 9 rings (SSSR count). The van der Waals surface area contributed by atoms with E-state index >= 15 is 0 Å². The molecule has 0 bridgehead atoms. The van der Waals surface area contributed by atoms with Crippen molar-refractivity contribution in [2.24, 2.45) is 40.4 Å². The van der Waals surface area contributed by atoms with Gasteiger partial charge in [-0.05, 0) is 126 Å². The fourth-order valence-corrected chi connectivity index (χ4v) is 15.8. The van der Waals surface area contributed by atoms with Crippen molar-refractivity contribution >= 4 is 10.4 Å². The average molecular weight is 1240 g/mol. The van der Waals surface area contributed by atoms with Crippen molar-refractivity contribution in [2.75, 3.05) is 13.2 Å². The molecule has 0 unspecified atom stereocenters. The van der Waals surface area contributed by atoms with Gasteiger partial charge >= 0.3 is 29.6 Å². The first kappa shape index (κ1) is 69.4. The van der Waals surface area contributed by atoms with Gasteiger partial charge in [-0.15, -0.1) is 0 Å². The second kappa shape index (κ2) is 27.0. The number of ether oxygens (including phenoxy) is 10. The van der Waals surface area contributed by atoms with Gasteiger partial charge in [-0.2, -0.15) is 0 Å². The minimum Gasteiger partial charge on any atom is -0.726 e. The molecule has 84 heavy (non-hydrogen) atoms. The summed E-state index contributed by atoms with van der Waals surface area (Å²) in [5.74, 6) is -0.259. The Hall–Kier alpha value is -0.530. The summed E-state index contributed by atoms with van der Waals surface area (Å²) < 4.78 is 102. The summed E-state index contributed by atoms with van der Waals surface area (Å²) in [4.78, 5) is 0. The Morgan fingerprint density at radius 1 is 0.667 bits per heavy atom. The molecule has 0 aromatic rings. The molecule has 0 aromatic heterocycles. The van der Waals surface area contributed by atoms with Crippen molar-refractivity contribution in [1.82, 2.24) is 0 Å². The van der Waals surface area contributed by atoms with Crippen LogP contribution in [0.1, 0.15) is 113 Å². The molecule has 5 saturated heterocycles. The first-order valence-electron chi connectivity index (χ1n) is 29.5. The summed E-state index contributed by atoms with van der Waals surface area (Å²) in [6.07, 6.45) is -32.6. The molecular formula is C56H91NaO26S. The average Bonchev–Trinajstić information content (AvgIpc) is 1.37. The molecule has 28 heteroatoms. The van der Waals surface area contributed by atoms with Crippen LogP contribution in [-0.4, -0.2) is 247 Å². The van der Waals surface area contributed by atoms with E-state index in [2.05, 4.69) is 40.3 Å². The SMILES string of the molecule is C=C(CC[C@](C)(O)[C@H]1CC[C@H]2[C@@H]3C[C@H](O[C@@H]4O[C@H](C)[C@@H](O)[C@H](O[C@@H]5OC[C@@H](O[C@@H]6O[C@H](C)[C@H](O)[C@H](O)[C@H]6O[C@@H]6OC[C@H](O)[C@H](O)[C@H]6O)[C@H](O)[C@H]5O[C@@H]5O[C@H](C)[C@@H](O)[C@H](O)[C@H]5O)[C@H]4O)[C@H]4C[C@@H](OS(=O)(=O)[O-])CC[C@]4(C)C3=CC[C@@]21C)C(C)C.[Na+]. The van der Waals surface area contributed by atoms with Crippen molar-refractivity contribution in [2.45, 2.75) is 272 Å². The van der Waals surface area contributed by atoms with Crippen LogP contribution in [0.25, 0.3) is 0 Å². The number of aliphatic hydroxyl groups excluding tert-OH is 11. The van der Waals surface area contributed by atoms with Crippen molar-refractivity contribution in [3.8, 4) is 0 Å². The fourth-order valence-electron chi connectivity index (χ4n) is 15.3. The van der Waals surface area contributed by atoms with Crippen LogP contribution < -0.4 is 29.6 Å². The van der Waals surface area contributed by atoms with Crippen LogP contribution in [0, 0.1) is 40.4 Å².